The lowest BCUT2D eigenvalue weighted by molar-refractivity contribution is 0.0918. The van der Waals surface area contributed by atoms with Crippen LogP contribution in [0.4, 0.5) is 0 Å². The summed E-state index contributed by atoms with van der Waals surface area (Å²) in [6.07, 6.45) is 11.3. The molecule has 3 heteroatoms. The van der Waals surface area contributed by atoms with Crippen molar-refractivity contribution < 1.29 is 0 Å². The van der Waals surface area contributed by atoms with Crippen molar-refractivity contribution in [1.82, 2.24) is 15.1 Å². The minimum absolute atomic E-state index is 0.638. The quantitative estimate of drug-likeness (QED) is 0.694. The Balaban J connectivity index is 1.49. The highest BCUT2D eigenvalue weighted by molar-refractivity contribution is 4.81. The minimum Gasteiger partial charge on any atom is -0.315 e. The van der Waals surface area contributed by atoms with Crippen LogP contribution in [0.15, 0.2) is 0 Å². The molecule has 0 saturated carbocycles. The first-order chi connectivity index (χ1) is 10.3. The molecule has 2 saturated heterocycles. The molecule has 0 aromatic rings. The largest absolute Gasteiger partial charge is 0.315 e. The average molecular weight is 296 g/mol. The van der Waals surface area contributed by atoms with Crippen molar-refractivity contribution in [2.24, 2.45) is 0 Å². The van der Waals surface area contributed by atoms with E-state index in [-0.39, 0.29) is 0 Å². The summed E-state index contributed by atoms with van der Waals surface area (Å²) in [5.41, 5.74) is 0. The zero-order chi connectivity index (χ0) is 14.9. The topological polar surface area (TPSA) is 18.5 Å². The third-order valence-corrected chi connectivity index (χ3v) is 5.17. The van der Waals surface area contributed by atoms with Gasteiger partial charge in [-0.1, -0.05) is 26.7 Å². The standard InChI is InChI=1S/C18H37N3/c1-17(2)19-11-5-3-6-12-20-15-9-18(10-16-20)21-13-7-4-8-14-21/h17-19H,3-16H2,1-2H3. The molecule has 2 heterocycles. The van der Waals surface area contributed by atoms with E-state index in [1.54, 1.807) is 0 Å². The summed E-state index contributed by atoms with van der Waals surface area (Å²) in [7, 11) is 0. The van der Waals surface area contributed by atoms with Crippen LogP contribution in [-0.2, 0) is 0 Å². The van der Waals surface area contributed by atoms with Crippen molar-refractivity contribution in [3.05, 3.63) is 0 Å². The predicted octanol–water partition coefficient (Wildman–Crippen LogP) is 3.11. The fraction of sp³-hybridized carbons (Fsp3) is 1.00. The molecule has 124 valence electrons. The molecule has 2 rings (SSSR count). The Hall–Kier alpha value is -0.120. The molecule has 0 aliphatic carbocycles. The van der Waals surface area contributed by atoms with Gasteiger partial charge in [0, 0.05) is 12.1 Å². The van der Waals surface area contributed by atoms with Gasteiger partial charge in [-0.3, -0.25) is 0 Å². The average Bonchev–Trinajstić information content (AvgIpc) is 2.52. The van der Waals surface area contributed by atoms with Crippen LogP contribution in [0.1, 0.15) is 65.2 Å². The van der Waals surface area contributed by atoms with Gasteiger partial charge in [-0.15, -0.1) is 0 Å². The first kappa shape index (κ1) is 17.2. The van der Waals surface area contributed by atoms with E-state index >= 15 is 0 Å². The summed E-state index contributed by atoms with van der Waals surface area (Å²) in [6.45, 7) is 12.4. The summed E-state index contributed by atoms with van der Waals surface area (Å²) in [4.78, 5) is 5.48. The molecule has 0 unspecified atom stereocenters. The summed E-state index contributed by atoms with van der Waals surface area (Å²) in [5, 5.41) is 3.51. The normalized spacial score (nSPS) is 23.0. The number of likely N-dealkylation sites (tertiary alicyclic amines) is 2. The Labute approximate surface area is 132 Å². The Bertz CT molecular complexity index is 253. The lowest BCUT2D eigenvalue weighted by Gasteiger charge is -2.40. The van der Waals surface area contributed by atoms with Crippen LogP contribution in [0.2, 0.25) is 0 Å². The Morgan fingerprint density at radius 1 is 0.905 bits per heavy atom. The van der Waals surface area contributed by atoms with E-state index in [1.807, 2.05) is 0 Å². The molecule has 21 heavy (non-hydrogen) atoms. The maximum atomic E-state index is 3.51. The van der Waals surface area contributed by atoms with Gasteiger partial charge in [-0.25, -0.2) is 0 Å². The first-order valence-electron chi connectivity index (χ1n) is 9.45. The molecule has 0 spiro atoms. The van der Waals surface area contributed by atoms with E-state index in [1.165, 1.54) is 90.6 Å². The Kier molecular flexibility index (Phi) is 8.05. The summed E-state index contributed by atoms with van der Waals surface area (Å²) >= 11 is 0. The Morgan fingerprint density at radius 3 is 2.29 bits per heavy atom. The van der Waals surface area contributed by atoms with Gasteiger partial charge >= 0.3 is 0 Å². The van der Waals surface area contributed by atoms with Crippen LogP contribution in [0.5, 0.6) is 0 Å². The smallest absolute Gasteiger partial charge is 0.0120 e. The molecule has 0 bridgehead atoms. The number of unbranched alkanes of at least 4 members (excludes halogenated alkanes) is 2. The van der Waals surface area contributed by atoms with Crippen LogP contribution in [0, 0.1) is 0 Å². The van der Waals surface area contributed by atoms with Crippen LogP contribution in [0.3, 0.4) is 0 Å². The van der Waals surface area contributed by atoms with E-state index in [9.17, 15) is 0 Å². The van der Waals surface area contributed by atoms with Gasteiger partial charge in [0.15, 0.2) is 0 Å². The molecule has 1 N–H and O–H groups in total. The lowest BCUT2D eigenvalue weighted by atomic mass is 9.99. The maximum absolute atomic E-state index is 3.51. The van der Waals surface area contributed by atoms with E-state index in [0.29, 0.717) is 6.04 Å². The summed E-state index contributed by atoms with van der Waals surface area (Å²) in [6, 6.07) is 1.54. The zero-order valence-electron chi connectivity index (χ0n) is 14.4. The van der Waals surface area contributed by atoms with E-state index in [4.69, 9.17) is 0 Å². The predicted molar refractivity (Wildman–Crippen MR) is 91.9 cm³/mol. The Morgan fingerprint density at radius 2 is 1.62 bits per heavy atom. The van der Waals surface area contributed by atoms with Crippen molar-refractivity contribution in [1.29, 1.82) is 0 Å². The maximum Gasteiger partial charge on any atom is 0.0120 e. The molecule has 0 radical (unpaired) electrons. The zero-order valence-corrected chi connectivity index (χ0v) is 14.4. The molecular formula is C18H37N3. The minimum atomic E-state index is 0.638. The number of hydrogen-bond acceptors (Lipinski definition) is 3. The van der Waals surface area contributed by atoms with Crippen LogP contribution >= 0.6 is 0 Å². The van der Waals surface area contributed by atoms with E-state index in [2.05, 4.69) is 29.0 Å². The molecule has 0 amide bonds. The van der Waals surface area contributed by atoms with Gasteiger partial charge in [0.2, 0.25) is 0 Å². The van der Waals surface area contributed by atoms with Crippen molar-refractivity contribution in [3.63, 3.8) is 0 Å². The van der Waals surface area contributed by atoms with Crippen LogP contribution in [-0.4, -0.2) is 61.2 Å². The molecule has 0 aromatic heterocycles. The van der Waals surface area contributed by atoms with Gasteiger partial charge in [0.1, 0.15) is 0 Å². The fourth-order valence-electron chi connectivity index (χ4n) is 3.82. The van der Waals surface area contributed by atoms with Gasteiger partial charge in [0.25, 0.3) is 0 Å². The van der Waals surface area contributed by atoms with Gasteiger partial charge < -0.3 is 15.1 Å². The molecular weight excluding hydrogens is 258 g/mol. The molecule has 2 aliphatic rings. The number of hydrogen-bond donors (Lipinski definition) is 1. The summed E-state index contributed by atoms with van der Waals surface area (Å²) in [5.74, 6) is 0. The van der Waals surface area contributed by atoms with Gasteiger partial charge in [0.05, 0.1) is 0 Å². The van der Waals surface area contributed by atoms with Gasteiger partial charge in [-0.2, -0.15) is 0 Å². The third kappa shape index (κ3) is 6.66. The molecule has 2 aliphatic heterocycles. The van der Waals surface area contributed by atoms with Crippen molar-refractivity contribution in [2.45, 2.75) is 77.3 Å². The lowest BCUT2D eigenvalue weighted by Crippen LogP contribution is -2.46. The molecule has 0 atom stereocenters. The monoisotopic (exact) mass is 295 g/mol. The third-order valence-electron chi connectivity index (χ3n) is 5.17. The highest BCUT2D eigenvalue weighted by Crippen LogP contribution is 2.21. The van der Waals surface area contributed by atoms with E-state index < -0.39 is 0 Å². The van der Waals surface area contributed by atoms with Crippen molar-refractivity contribution >= 4 is 0 Å². The number of nitrogens with one attached hydrogen (secondary N) is 1. The molecule has 3 nitrogen and oxygen atoms in total. The molecule has 2 fully saturated rings. The fourth-order valence-corrected chi connectivity index (χ4v) is 3.82. The SMILES string of the molecule is CC(C)NCCCCCN1CCC(N2CCCCC2)CC1. The van der Waals surface area contributed by atoms with Crippen molar-refractivity contribution in [3.8, 4) is 0 Å². The molecule has 0 aromatic carbocycles. The van der Waals surface area contributed by atoms with E-state index in [0.717, 1.165) is 6.04 Å². The highest BCUT2D eigenvalue weighted by Gasteiger charge is 2.24. The van der Waals surface area contributed by atoms with Crippen LogP contribution in [0.25, 0.3) is 0 Å². The second-order valence-electron chi connectivity index (χ2n) is 7.34. The van der Waals surface area contributed by atoms with Crippen LogP contribution < -0.4 is 5.32 Å². The second-order valence-corrected chi connectivity index (χ2v) is 7.34. The van der Waals surface area contributed by atoms with Gasteiger partial charge in [-0.05, 0) is 77.8 Å². The van der Waals surface area contributed by atoms with Crippen molar-refractivity contribution in [2.75, 3.05) is 39.3 Å². The number of nitrogens with zero attached hydrogens (tertiary/aromatic N) is 2. The summed E-state index contributed by atoms with van der Waals surface area (Å²) < 4.78 is 0. The highest BCUT2D eigenvalue weighted by atomic mass is 15.2. The second kappa shape index (κ2) is 9.81. The number of piperidine rings is 2. The first-order valence-corrected chi connectivity index (χ1v) is 9.45. The number of rotatable bonds is 8.